The lowest BCUT2D eigenvalue weighted by molar-refractivity contribution is -0.127. The number of hydrogen-bond acceptors (Lipinski definition) is 3. The summed E-state index contributed by atoms with van der Waals surface area (Å²) in [4.78, 5) is 11.8. The van der Waals surface area contributed by atoms with E-state index in [2.05, 4.69) is 10.6 Å². The molecule has 0 aromatic heterocycles. The van der Waals surface area contributed by atoms with E-state index < -0.39 is 0 Å². The van der Waals surface area contributed by atoms with E-state index in [1.165, 1.54) is 12.8 Å². The van der Waals surface area contributed by atoms with Crippen molar-refractivity contribution in [3.05, 3.63) is 0 Å². The number of carbonyl (C=O) groups excluding carboxylic acids is 1. The number of ether oxygens (including phenoxy) is 1. The molecular formula is C11H21ClN2O2. The normalized spacial score (nSPS) is 26.1. The first-order valence-corrected chi connectivity index (χ1v) is 5.95. The third-order valence-corrected chi connectivity index (χ3v) is 3.28. The van der Waals surface area contributed by atoms with Gasteiger partial charge in [0, 0.05) is 31.7 Å². The number of rotatable bonds is 3. The summed E-state index contributed by atoms with van der Waals surface area (Å²) >= 11 is 0. The summed E-state index contributed by atoms with van der Waals surface area (Å²) in [6.45, 7) is 3.35. The molecule has 0 aromatic carbocycles. The highest BCUT2D eigenvalue weighted by atomic mass is 35.5. The Balaban J connectivity index is 0.00000128. The second kappa shape index (κ2) is 7.09. The van der Waals surface area contributed by atoms with Crippen LogP contribution in [0.15, 0.2) is 0 Å². The molecule has 2 saturated heterocycles. The lowest BCUT2D eigenvalue weighted by atomic mass is 9.99. The van der Waals surface area contributed by atoms with Gasteiger partial charge in [0.25, 0.3) is 0 Å². The molecule has 2 N–H and O–H groups in total. The van der Waals surface area contributed by atoms with Gasteiger partial charge in [-0.15, -0.1) is 12.4 Å². The zero-order valence-corrected chi connectivity index (χ0v) is 10.4. The van der Waals surface area contributed by atoms with Gasteiger partial charge in [-0.2, -0.15) is 0 Å². The van der Waals surface area contributed by atoms with Gasteiger partial charge in [-0.1, -0.05) is 0 Å². The lowest BCUT2D eigenvalue weighted by Gasteiger charge is -2.22. The molecule has 0 spiro atoms. The summed E-state index contributed by atoms with van der Waals surface area (Å²) in [7, 11) is 0. The molecular weight excluding hydrogens is 228 g/mol. The molecule has 5 heteroatoms. The van der Waals surface area contributed by atoms with E-state index in [0.29, 0.717) is 6.04 Å². The summed E-state index contributed by atoms with van der Waals surface area (Å²) in [6, 6.07) is 0.494. The number of hydrogen-bond donors (Lipinski definition) is 2. The Morgan fingerprint density at radius 1 is 1.31 bits per heavy atom. The van der Waals surface area contributed by atoms with Gasteiger partial charge in [-0.3, -0.25) is 4.79 Å². The summed E-state index contributed by atoms with van der Waals surface area (Å²) in [5, 5.41) is 6.41. The SMILES string of the molecule is Cl.O=C(NCC1CCCN1)C1CCOCC1. The van der Waals surface area contributed by atoms with E-state index in [4.69, 9.17) is 4.74 Å². The molecule has 4 nitrogen and oxygen atoms in total. The second-order valence-corrected chi connectivity index (χ2v) is 4.43. The first kappa shape index (κ1) is 13.7. The van der Waals surface area contributed by atoms with Crippen molar-refractivity contribution < 1.29 is 9.53 Å². The molecule has 1 atom stereocenters. The van der Waals surface area contributed by atoms with E-state index in [1.54, 1.807) is 0 Å². The summed E-state index contributed by atoms with van der Waals surface area (Å²) in [6.07, 6.45) is 4.18. The fourth-order valence-electron chi connectivity index (χ4n) is 2.26. The molecule has 16 heavy (non-hydrogen) atoms. The highest BCUT2D eigenvalue weighted by molar-refractivity contribution is 5.85. The van der Waals surface area contributed by atoms with Crippen molar-refractivity contribution in [2.24, 2.45) is 5.92 Å². The van der Waals surface area contributed by atoms with Gasteiger partial charge in [-0.25, -0.2) is 0 Å². The molecule has 2 rings (SSSR count). The second-order valence-electron chi connectivity index (χ2n) is 4.43. The Kier molecular flexibility index (Phi) is 6.09. The van der Waals surface area contributed by atoms with Gasteiger partial charge in [0.15, 0.2) is 0 Å². The van der Waals surface area contributed by atoms with E-state index in [9.17, 15) is 4.79 Å². The third-order valence-electron chi connectivity index (χ3n) is 3.28. The van der Waals surface area contributed by atoms with Crippen LogP contribution in [0.25, 0.3) is 0 Å². The largest absolute Gasteiger partial charge is 0.381 e. The highest BCUT2D eigenvalue weighted by Crippen LogP contribution is 2.14. The Bertz CT molecular complexity index is 214. The van der Waals surface area contributed by atoms with Crippen LogP contribution in [-0.4, -0.2) is 38.3 Å². The average Bonchev–Trinajstić information content (AvgIpc) is 2.80. The predicted octanol–water partition coefficient (Wildman–Crippen LogP) is 0.703. The van der Waals surface area contributed by atoms with Crippen molar-refractivity contribution in [1.82, 2.24) is 10.6 Å². The monoisotopic (exact) mass is 248 g/mol. The maximum Gasteiger partial charge on any atom is 0.223 e. The zero-order chi connectivity index (χ0) is 10.5. The fraction of sp³-hybridized carbons (Fsp3) is 0.909. The Morgan fingerprint density at radius 3 is 2.69 bits per heavy atom. The Hall–Kier alpha value is -0.320. The third kappa shape index (κ3) is 3.92. The standard InChI is InChI=1S/C11H20N2O2.ClH/c14-11(9-3-6-15-7-4-9)13-8-10-2-1-5-12-10;/h9-10,12H,1-8H2,(H,13,14);1H. The van der Waals surface area contributed by atoms with Crippen LogP contribution in [0.1, 0.15) is 25.7 Å². The zero-order valence-electron chi connectivity index (χ0n) is 9.54. The van der Waals surface area contributed by atoms with E-state index in [1.807, 2.05) is 0 Å². The molecule has 94 valence electrons. The van der Waals surface area contributed by atoms with Crippen LogP contribution in [0.5, 0.6) is 0 Å². The molecule has 0 bridgehead atoms. The van der Waals surface area contributed by atoms with Crippen molar-refractivity contribution in [1.29, 1.82) is 0 Å². The fourth-order valence-corrected chi connectivity index (χ4v) is 2.26. The minimum atomic E-state index is 0. The molecule has 2 fully saturated rings. The Morgan fingerprint density at radius 2 is 2.06 bits per heavy atom. The molecule has 2 heterocycles. The molecule has 2 aliphatic rings. The maximum absolute atomic E-state index is 11.8. The number of nitrogens with one attached hydrogen (secondary N) is 2. The highest BCUT2D eigenvalue weighted by Gasteiger charge is 2.22. The van der Waals surface area contributed by atoms with Gasteiger partial charge in [0.2, 0.25) is 5.91 Å². The minimum absolute atomic E-state index is 0. The van der Waals surface area contributed by atoms with E-state index in [-0.39, 0.29) is 24.2 Å². The first-order valence-electron chi connectivity index (χ1n) is 5.95. The van der Waals surface area contributed by atoms with Crippen LogP contribution >= 0.6 is 12.4 Å². The maximum atomic E-state index is 11.8. The molecule has 0 radical (unpaired) electrons. The van der Waals surface area contributed by atoms with Crippen LogP contribution in [0.3, 0.4) is 0 Å². The minimum Gasteiger partial charge on any atom is -0.381 e. The van der Waals surface area contributed by atoms with Gasteiger partial charge >= 0.3 is 0 Å². The quantitative estimate of drug-likeness (QED) is 0.773. The van der Waals surface area contributed by atoms with Gasteiger partial charge in [0.05, 0.1) is 0 Å². The molecule has 1 amide bonds. The number of carbonyl (C=O) groups is 1. The molecule has 2 aliphatic heterocycles. The lowest BCUT2D eigenvalue weighted by Crippen LogP contribution is -2.41. The van der Waals surface area contributed by atoms with E-state index >= 15 is 0 Å². The van der Waals surface area contributed by atoms with Crippen molar-refractivity contribution in [3.8, 4) is 0 Å². The Labute approximate surface area is 103 Å². The molecule has 0 aromatic rings. The molecule has 1 unspecified atom stereocenters. The van der Waals surface area contributed by atoms with Gasteiger partial charge in [0.1, 0.15) is 0 Å². The van der Waals surface area contributed by atoms with Gasteiger partial charge in [-0.05, 0) is 32.2 Å². The van der Waals surface area contributed by atoms with Crippen molar-refractivity contribution in [2.45, 2.75) is 31.7 Å². The van der Waals surface area contributed by atoms with Gasteiger partial charge < -0.3 is 15.4 Å². The van der Waals surface area contributed by atoms with Crippen LogP contribution < -0.4 is 10.6 Å². The first-order chi connectivity index (χ1) is 7.36. The smallest absolute Gasteiger partial charge is 0.223 e. The summed E-state index contributed by atoms with van der Waals surface area (Å²) < 4.78 is 5.24. The number of halogens is 1. The average molecular weight is 249 g/mol. The molecule has 0 saturated carbocycles. The van der Waals surface area contributed by atoms with Crippen molar-refractivity contribution >= 4 is 18.3 Å². The van der Waals surface area contributed by atoms with Crippen LogP contribution in [0.2, 0.25) is 0 Å². The van der Waals surface area contributed by atoms with Crippen molar-refractivity contribution in [2.75, 3.05) is 26.3 Å². The van der Waals surface area contributed by atoms with E-state index in [0.717, 1.165) is 39.1 Å². The van der Waals surface area contributed by atoms with Crippen LogP contribution in [0, 0.1) is 5.92 Å². The summed E-state index contributed by atoms with van der Waals surface area (Å²) in [5.74, 6) is 0.396. The predicted molar refractivity (Wildman–Crippen MR) is 64.8 cm³/mol. The van der Waals surface area contributed by atoms with Crippen LogP contribution in [-0.2, 0) is 9.53 Å². The number of amides is 1. The van der Waals surface area contributed by atoms with Crippen LogP contribution in [0.4, 0.5) is 0 Å². The molecule has 0 aliphatic carbocycles. The van der Waals surface area contributed by atoms with Crippen molar-refractivity contribution in [3.63, 3.8) is 0 Å². The topological polar surface area (TPSA) is 50.4 Å². The summed E-state index contributed by atoms with van der Waals surface area (Å²) in [5.41, 5.74) is 0.